The summed E-state index contributed by atoms with van der Waals surface area (Å²) in [6.45, 7) is 1.52. The van der Waals surface area contributed by atoms with E-state index in [1.807, 2.05) is 38.4 Å². The van der Waals surface area contributed by atoms with Gasteiger partial charge in [0.2, 0.25) is 0 Å². The van der Waals surface area contributed by atoms with Crippen LogP contribution in [0.4, 0.5) is 5.13 Å². The number of amides is 1. The Morgan fingerprint density at radius 3 is 2.70 bits per heavy atom. The van der Waals surface area contributed by atoms with Crippen LogP contribution in [0.25, 0.3) is 10.2 Å². The lowest BCUT2D eigenvalue weighted by Gasteiger charge is -2.19. The molecule has 0 aliphatic carbocycles. The van der Waals surface area contributed by atoms with E-state index in [-0.39, 0.29) is 5.91 Å². The van der Waals surface area contributed by atoms with Gasteiger partial charge in [0, 0.05) is 6.54 Å². The van der Waals surface area contributed by atoms with E-state index in [2.05, 4.69) is 9.88 Å². The largest absolute Gasteiger partial charge is 0.459 e. The minimum atomic E-state index is -0.146. The van der Waals surface area contributed by atoms with Gasteiger partial charge in [0.25, 0.3) is 5.91 Å². The summed E-state index contributed by atoms with van der Waals surface area (Å²) in [5, 5.41) is 0.714. The van der Waals surface area contributed by atoms with Crippen LogP contribution in [-0.4, -0.2) is 43.0 Å². The van der Waals surface area contributed by atoms with Crippen LogP contribution in [0.15, 0.2) is 47.1 Å². The van der Waals surface area contributed by atoms with Gasteiger partial charge in [-0.2, -0.15) is 0 Å². The van der Waals surface area contributed by atoms with Crippen molar-refractivity contribution in [3.05, 3.63) is 48.4 Å². The molecule has 0 bridgehead atoms. The third-order valence-corrected chi connectivity index (χ3v) is 4.54. The van der Waals surface area contributed by atoms with Crippen molar-refractivity contribution in [2.24, 2.45) is 0 Å². The first-order chi connectivity index (χ1) is 11.1. The highest BCUT2D eigenvalue weighted by molar-refractivity contribution is 7.22. The number of benzene rings is 1. The van der Waals surface area contributed by atoms with Crippen LogP contribution in [0.3, 0.4) is 0 Å². The Kier molecular flexibility index (Phi) is 4.73. The van der Waals surface area contributed by atoms with Crippen LogP contribution < -0.4 is 4.90 Å². The summed E-state index contributed by atoms with van der Waals surface area (Å²) in [4.78, 5) is 21.2. The van der Waals surface area contributed by atoms with Crippen molar-refractivity contribution >= 4 is 32.6 Å². The van der Waals surface area contributed by atoms with Gasteiger partial charge < -0.3 is 9.32 Å². The van der Waals surface area contributed by atoms with E-state index in [4.69, 9.17) is 4.42 Å². The van der Waals surface area contributed by atoms with Crippen molar-refractivity contribution in [3.8, 4) is 0 Å². The third kappa shape index (κ3) is 3.60. The smallest absolute Gasteiger partial charge is 0.295 e. The number of thiazole rings is 1. The maximum atomic E-state index is 12.7. The molecule has 6 heteroatoms. The highest BCUT2D eigenvalue weighted by Crippen LogP contribution is 2.29. The molecular formula is C17H19N3O2S. The lowest BCUT2D eigenvalue weighted by atomic mass is 10.3. The molecule has 0 saturated carbocycles. The minimum Gasteiger partial charge on any atom is -0.459 e. The van der Waals surface area contributed by atoms with E-state index in [0.29, 0.717) is 17.4 Å². The summed E-state index contributed by atoms with van der Waals surface area (Å²) < 4.78 is 6.35. The maximum absolute atomic E-state index is 12.7. The number of furan rings is 1. The second-order valence-electron chi connectivity index (χ2n) is 5.56. The quantitative estimate of drug-likeness (QED) is 0.694. The van der Waals surface area contributed by atoms with E-state index in [9.17, 15) is 4.79 Å². The molecule has 0 saturated heterocycles. The highest BCUT2D eigenvalue weighted by atomic mass is 32.1. The van der Waals surface area contributed by atoms with E-state index in [0.717, 1.165) is 23.2 Å². The topological polar surface area (TPSA) is 49.6 Å². The standard InChI is InChI=1S/C17H19N3O2S/c1-19(2)10-6-11-20(16(21)14-8-5-12-22-14)17-18-13-7-3-4-9-15(13)23-17/h3-5,7-9,12H,6,10-11H2,1-2H3. The molecule has 1 amide bonds. The Morgan fingerprint density at radius 2 is 2.00 bits per heavy atom. The summed E-state index contributed by atoms with van der Waals surface area (Å²) in [6, 6.07) is 11.3. The Bertz CT molecular complexity index is 747. The molecule has 0 aliphatic rings. The van der Waals surface area contributed by atoms with Gasteiger partial charge in [-0.15, -0.1) is 0 Å². The molecule has 23 heavy (non-hydrogen) atoms. The Labute approximate surface area is 139 Å². The average molecular weight is 329 g/mol. The zero-order valence-corrected chi connectivity index (χ0v) is 14.0. The molecule has 0 N–H and O–H groups in total. The van der Waals surface area contributed by atoms with Gasteiger partial charge in [-0.3, -0.25) is 9.69 Å². The number of hydrogen-bond donors (Lipinski definition) is 0. The van der Waals surface area contributed by atoms with Crippen molar-refractivity contribution in [1.29, 1.82) is 0 Å². The molecular weight excluding hydrogens is 310 g/mol. The summed E-state index contributed by atoms with van der Waals surface area (Å²) in [5.74, 6) is 0.196. The fraction of sp³-hybridized carbons (Fsp3) is 0.294. The molecule has 120 valence electrons. The maximum Gasteiger partial charge on any atom is 0.295 e. The summed E-state index contributed by atoms with van der Waals surface area (Å²) in [7, 11) is 4.05. The van der Waals surface area contributed by atoms with Gasteiger partial charge in [0.1, 0.15) is 0 Å². The van der Waals surface area contributed by atoms with Crippen LogP contribution in [0.1, 0.15) is 17.0 Å². The first-order valence-electron chi connectivity index (χ1n) is 7.51. The third-order valence-electron chi connectivity index (χ3n) is 3.48. The number of carbonyl (C=O) groups is 1. The summed E-state index contributed by atoms with van der Waals surface area (Å²) in [5.41, 5.74) is 0.914. The van der Waals surface area contributed by atoms with Gasteiger partial charge in [-0.05, 0) is 51.3 Å². The van der Waals surface area contributed by atoms with Crippen LogP contribution in [0.5, 0.6) is 0 Å². The Hall–Kier alpha value is -2.18. The molecule has 0 aliphatic heterocycles. The van der Waals surface area contributed by atoms with Gasteiger partial charge in [0.15, 0.2) is 10.9 Å². The van der Waals surface area contributed by atoms with Crippen LogP contribution >= 0.6 is 11.3 Å². The Morgan fingerprint density at radius 1 is 1.17 bits per heavy atom. The van der Waals surface area contributed by atoms with Crippen LogP contribution in [0, 0.1) is 0 Å². The lowest BCUT2D eigenvalue weighted by molar-refractivity contribution is 0.0959. The SMILES string of the molecule is CN(C)CCCN(C(=O)c1ccco1)c1nc2ccccc2s1. The van der Waals surface area contributed by atoms with Crippen LogP contribution in [-0.2, 0) is 0 Å². The highest BCUT2D eigenvalue weighted by Gasteiger charge is 2.22. The van der Waals surface area contributed by atoms with Gasteiger partial charge >= 0.3 is 0 Å². The molecule has 0 radical (unpaired) electrons. The molecule has 0 spiro atoms. The number of fused-ring (bicyclic) bond motifs is 1. The second-order valence-corrected chi connectivity index (χ2v) is 6.56. The van der Waals surface area contributed by atoms with E-state index in [1.165, 1.54) is 17.6 Å². The minimum absolute atomic E-state index is 0.146. The van der Waals surface area contributed by atoms with E-state index in [1.54, 1.807) is 17.0 Å². The van der Waals surface area contributed by atoms with Crippen LogP contribution in [0.2, 0.25) is 0 Å². The first kappa shape index (κ1) is 15.7. The van der Waals surface area contributed by atoms with Crippen molar-refractivity contribution < 1.29 is 9.21 Å². The molecule has 2 aromatic heterocycles. The van der Waals surface area contributed by atoms with Crippen molar-refractivity contribution in [1.82, 2.24) is 9.88 Å². The molecule has 0 atom stereocenters. The fourth-order valence-corrected chi connectivity index (χ4v) is 3.33. The molecule has 3 aromatic rings. The first-order valence-corrected chi connectivity index (χ1v) is 8.32. The average Bonchev–Trinajstić information content (AvgIpc) is 3.19. The molecule has 0 unspecified atom stereocenters. The summed E-state index contributed by atoms with van der Waals surface area (Å²) >= 11 is 1.53. The molecule has 5 nitrogen and oxygen atoms in total. The van der Waals surface area contributed by atoms with E-state index < -0.39 is 0 Å². The lowest BCUT2D eigenvalue weighted by Crippen LogP contribution is -2.33. The van der Waals surface area contributed by atoms with E-state index >= 15 is 0 Å². The Balaban J connectivity index is 1.88. The molecule has 2 heterocycles. The van der Waals surface area contributed by atoms with Gasteiger partial charge in [0.05, 0.1) is 16.5 Å². The predicted octanol–water partition coefficient (Wildman–Crippen LogP) is 3.49. The van der Waals surface area contributed by atoms with Crippen molar-refractivity contribution in [2.75, 3.05) is 32.1 Å². The van der Waals surface area contributed by atoms with Crippen molar-refractivity contribution in [3.63, 3.8) is 0 Å². The summed E-state index contributed by atoms with van der Waals surface area (Å²) in [6.07, 6.45) is 2.39. The predicted molar refractivity (Wildman–Crippen MR) is 93.2 cm³/mol. The number of anilines is 1. The molecule has 1 aromatic carbocycles. The number of rotatable bonds is 6. The number of nitrogens with zero attached hydrogens (tertiary/aromatic N) is 3. The van der Waals surface area contributed by atoms with Gasteiger partial charge in [-0.1, -0.05) is 23.5 Å². The number of para-hydroxylation sites is 1. The molecule has 3 rings (SSSR count). The number of carbonyl (C=O) groups excluding carboxylic acids is 1. The number of aromatic nitrogens is 1. The molecule has 0 fully saturated rings. The zero-order chi connectivity index (χ0) is 16.2. The zero-order valence-electron chi connectivity index (χ0n) is 13.2. The fourth-order valence-electron chi connectivity index (χ4n) is 2.34. The number of hydrogen-bond acceptors (Lipinski definition) is 5. The van der Waals surface area contributed by atoms with Gasteiger partial charge in [-0.25, -0.2) is 4.98 Å². The van der Waals surface area contributed by atoms with Crippen molar-refractivity contribution in [2.45, 2.75) is 6.42 Å². The normalized spacial score (nSPS) is 11.3. The second kappa shape index (κ2) is 6.93. The monoisotopic (exact) mass is 329 g/mol.